The van der Waals surface area contributed by atoms with Crippen LogP contribution < -0.4 is 0 Å². The van der Waals surface area contributed by atoms with Crippen LogP contribution in [0.25, 0.3) is 0 Å². The number of rotatable bonds is 3. The van der Waals surface area contributed by atoms with Crippen molar-refractivity contribution in [2.45, 2.75) is 6.42 Å². The van der Waals surface area contributed by atoms with Crippen LogP contribution in [0.2, 0.25) is 0 Å². The largest absolute Gasteiger partial charge is 0.294 e. The first-order valence-electron chi connectivity index (χ1n) is 5.14. The van der Waals surface area contributed by atoms with Crippen molar-refractivity contribution >= 4 is 37.6 Å². The number of pyridine rings is 1. The van der Waals surface area contributed by atoms with Gasteiger partial charge < -0.3 is 0 Å². The second-order valence-electron chi connectivity index (χ2n) is 3.70. The SMILES string of the molecule is O=C(Cc1cccc(F)c1Br)c1cncc(Br)c1. The van der Waals surface area contributed by atoms with E-state index in [0.29, 0.717) is 15.6 Å². The number of aromatic nitrogens is 1. The molecule has 0 fully saturated rings. The third-order valence-corrected chi connectivity index (χ3v) is 3.73. The van der Waals surface area contributed by atoms with Crippen LogP contribution >= 0.6 is 31.9 Å². The molecule has 0 atom stereocenters. The third kappa shape index (κ3) is 3.03. The Bertz CT molecular complexity index is 601. The summed E-state index contributed by atoms with van der Waals surface area (Å²) in [4.78, 5) is 16.0. The van der Waals surface area contributed by atoms with Gasteiger partial charge in [0.05, 0.1) is 4.47 Å². The number of nitrogens with zero attached hydrogens (tertiary/aromatic N) is 1. The van der Waals surface area contributed by atoms with Crippen LogP contribution in [0.3, 0.4) is 0 Å². The summed E-state index contributed by atoms with van der Waals surface area (Å²) in [6.45, 7) is 0. The van der Waals surface area contributed by atoms with Crippen molar-refractivity contribution in [1.82, 2.24) is 4.98 Å². The summed E-state index contributed by atoms with van der Waals surface area (Å²) >= 11 is 6.40. The molecule has 2 rings (SSSR count). The number of hydrogen-bond donors (Lipinski definition) is 0. The molecule has 92 valence electrons. The summed E-state index contributed by atoms with van der Waals surface area (Å²) in [5, 5.41) is 0. The van der Waals surface area contributed by atoms with Crippen molar-refractivity contribution in [2.75, 3.05) is 0 Å². The summed E-state index contributed by atoms with van der Waals surface area (Å²) in [7, 11) is 0. The first-order chi connectivity index (χ1) is 8.58. The Hall–Kier alpha value is -1.07. The van der Waals surface area contributed by atoms with Gasteiger partial charge in [-0.3, -0.25) is 9.78 Å². The van der Waals surface area contributed by atoms with Gasteiger partial charge >= 0.3 is 0 Å². The van der Waals surface area contributed by atoms with E-state index >= 15 is 0 Å². The van der Waals surface area contributed by atoms with Gasteiger partial charge in [-0.2, -0.15) is 0 Å². The average Bonchev–Trinajstić information content (AvgIpc) is 2.35. The molecule has 0 unspecified atom stereocenters. The molecule has 1 aromatic heterocycles. The van der Waals surface area contributed by atoms with Crippen molar-refractivity contribution < 1.29 is 9.18 Å². The fraction of sp³-hybridized carbons (Fsp3) is 0.0769. The fourth-order valence-corrected chi connectivity index (χ4v) is 2.29. The lowest BCUT2D eigenvalue weighted by Gasteiger charge is -2.05. The van der Waals surface area contributed by atoms with Crippen LogP contribution in [0, 0.1) is 5.82 Å². The Morgan fingerprint density at radius 1 is 1.28 bits per heavy atom. The van der Waals surface area contributed by atoms with Crippen LogP contribution in [-0.4, -0.2) is 10.8 Å². The third-order valence-electron chi connectivity index (χ3n) is 2.41. The summed E-state index contributed by atoms with van der Waals surface area (Å²) < 4.78 is 14.4. The quantitative estimate of drug-likeness (QED) is 0.757. The molecular weight excluding hydrogens is 365 g/mol. The molecule has 5 heteroatoms. The molecule has 0 saturated heterocycles. The molecule has 2 aromatic rings. The van der Waals surface area contributed by atoms with E-state index in [2.05, 4.69) is 36.8 Å². The summed E-state index contributed by atoms with van der Waals surface area (Å²) in [5.74, 6) is -0.470. The second kappa shape index (κ2) is 5.71. The highest BCUT2D eigenvalue weighted by Gasteiger charge is 2.12. The van der Waals surface area contributed by atoms with E-state index in [1.807, 2.05) is 0 Å². The summed E-state index contributed by atoms with van der Waals surface area (Å²) in [6.07, 6.45) is 3.24. The van der Waals surface area contributed by atoms with E-state index in [4.69, 9.17) is 0 Å². The zero-order chi connectivity index (χ0) is 13.1. The highest BCUT2D eigenvalue weighted by Crippen LogP contribution is 2.22. The molecule has 0 radical (unpaired) electrons. The van der Waals surface area contributed by atoms with Crippen LogP contribution in [-0.2, 0) is 6.42 Å². The maximum atomic E-state index is 13.3. The number of carbonyl (C=O) groups excluding carboxylic acids is 1. The Labute approximate surface area is 121 Å². The van der Waals surface area contributed by atoms with Gasteiger partial charge in [-0.15, -0.1) is 0 Å². The Morgan fingerprint density at radius 2 is 2.06 bits per heavy atom. The van der Waals surface area contributed by atoms with Gasteiger partial charge in [0.25, 0.3) is 0 Å². The molecular formula is C13H8Br2FNO. The minimum absolute atomic E-state index is 0.102. The van der Waals surface area contributed by atoms with E-state index in [1.165, 1.54) is 12.3 Å². The fourth-order valence-electron chi connectivity index (χ4n) is 1.52. The Balaban J connectivity index is 2.24. The van der Waals surface area contributed by atoms with Crippen molar-refractivity contribution in [1.29, 1.82) is 0 Å². The highest BCUT2D eigenvalue weighted by atomic mass is 79.9. The molecule has 0 aliphatic rings. The second-order valence-corrected chi connectivity index (χ2v) is 5.41. The smallest absolute Gasteiger partial charge is 0.168 e. The maximum absolute atomic E-state index is 13.3. The van der Waals surface area contributed by atoms with Crippen molar-refractivity contribution in [2.24, 2.45) is 0 Å². The van der Waals surface area contributed by atoms with Gasteiger partial charge in [0.2, 0.25) is 0 Å². The molecule has 1 aromatic carbocycles. The number of benzene rings is 1. The zero-order valence-electron chi connectivity index (χ0n) is 9.16. The Morgan fingerprint density at radius 3 is 2.78 bits per heavy atom. The minimum Gasteiger partial charge on any atom is -0.294 e. The zero-order valence-corrected chi connectivity index (χ0v) is 12.3. The molecule has 1 heterocycles. The van der Waals surface area contributed by atoms with E-state index < -0.39 is 0 Å². The van der Waals surface area contributed by atoms with Gasteiger partial charge in [-0.25, -0.2) is 4.39 Å². The minimum atomic E-state index is -0.368. The maximum Gasteiger partial charge on any atom is 0.168 e. The average molecular weight is 373 g/mol. The van der Waals surface area contributed by atoms with Gasteiger partial charge in [-0.05, 0) is 49.6 Å². The predicted octanol–water partition coefficient (Wildman–Crippen LogP) is 4.17. The van der Waals surface area contributed by atoms with Crippen molar-refractivity contribution in [3.05, 3.63) is 62.5 Å². The van der Waals surface area contributed by atoms with E-state index in [-0.39, 0.29) is 18.0 Å². The highest BCUT2D eigenvalue weighted by molar-refractivity contribution is 9.10. The molecule has 0 amide bonds. The van der Waals surface area contributed by atoms with E-state index in [1.54, 1.807) is 24.4 Å². The number of carbonyl (C=O) groups is 1. The van der Waals surface area contributed by atoms with E-state index in [9.17, 15) is 9.18 Å². The standard InChI is InChI=1S/C13H8Br2FNO/c14-10-4-9(6-17-7-10)12(18)5-8-2-1-3-11(16)13(8)15/h1-4,6-7H,5H2. The molecule has 0 aliphatic carbocycles. The molecule has 2 nitrogen and oxygen atoms in total. The number of ketones is 1. The number of hydrogen-bond acceptors (Lipinski definition) is 2. The van der Waals surface area contributed by atoms with E-state index in [0.717, 1.165) is 4.47 Å². The lowest BCUT2D eigenvalue weighted by molar-refractivity contribution is 0.0992. The van der Waals surface area contributed by atoms with Crippen LogP contribution in [0.15, 0.2) is 45.6 Å². The predicted molar refractivity (Wildman–Crippen MR) is 74.1 cm³/mol. The van der Waals surface area contributed by atoms with Crippen molar-refractivity contribution in [3.8, 4) is 0 Å². The summed E-state index contributed by atoms with van der Waals surface area (Å²) in [6, 6.07) is 6.35. The van der Waals surface area contributed by atoms with Crippen LogP contribution in [0.5, 0.6) is 0 Å². The summed E-state index contributed by atoms with van der Waals surface area (Å²) in [5.41, 5.74) is 1.13. The number of Topliss-reactive ketones (excluding diaryl/α,β-unsaturated/α-hetero) is 1. The molecule has 0 bridgehead atoms. The topological polar surface area (TPSA) is 30.0 Å². The Kier molecular flexibility index (Phi) is 4.24. The molecule has 18 heavy (non-hydrogen) atoms. The lowest BCUT2D eigenvalue weighted by atomic mass is 10.0. The monoisotopic (exact) mass is 371 g/mol. The van der Waals surface area contributed by atoms with Crippen molar-refractivity contribution in [3.63, 3.8) is 0 Å². The molecule has 0 spiro atoms. The molecule has 0 aliphatic heterocycles. The van der Waals surface area contributed by atoms with Gasteiger partial charge in [-0.1, -0.05) is 12.1 Å². The first-order valence-corrected chi connectivity index (χ1v) is 6.73. The normalized spacial score (nSPS) is 10.4. The molecule has 0 N–H and O–H groups in total. The van der Waals surface area contributed by atoms with Crippen LogP contribution in [0.4, 0.5) is 4.39 Å². The van der Waals surface area contributed by atoms with Gasteiger partial charge in [0.1, 0.15) is 5.82 Å². The number of halogens is 3. The van der Waals surface area contributed by atoms with Gasteiger partial charge in [0, 0.05) is 28.9 Å². The van der Waals surface area contributed by atoms with Gasteiger partial charge in [0.15, 0.2) is 5.78 Å². The molecule has 0 saturated carbocycles. The first kappa shape index (κ1) is 13.4. The lowest BCUT2D eigenvalue weighted by Crippen LogP contribution is -2.05. The van der Waals surface area contributed by atoms with Crippen LogP contribution in [0.1, 0.15) is 15.9 Å².